The van der Waals surface area contributed by atoms with Gasteiger partial charge in [-0.2, -0.15) is 13.2 Å². The van der Waals surface area contributed by atoms with Crippen molar-refractivity contribution in [3.8, 4) is 5.88 Å². The number of halogens is 3. The van der Waals surface area contributed by atoms with E-state index < -0.39 is 11.7 Å². The summed E-state index contributed by atoms with van der Waals surface area (Å²) in [5.41, 5.74) is -0.359. The quantitative estimate of drug-likeness (QED) is 0.817. The second-order valence-electron chi connectivity index (χ2n) is 4.56. The summed E-state index contributed by atoms with van der Waals surface area (Å²) < 4.78 is 43.8. The molecule has 0 amide bonds. The fraction of sp³-hybridized carbons (Fsp3) is 0.583. The van der Waals surface area contributed by atoms with Gasteiger partial charge in [-0.25, -0.2) is 4.98 Å². The Balaban J connectivity index is 2.40. The third-order valence-corrected chi connectivity index (χ3v) is 3.26. The van der Waals surface area contributed by atoms with Gasteiger partial charge in [-0.15, -0.1) is 0 Å². The minimum absolute atomic E-state index is 0.00238. The zero-order valence-corrected chi connectivity index (χ0v) is 10.3. The molecular weight excluding hydrogens is 245 g/mol. The van der Waals surface area contributed by atoms with E-state index in [4.69, 9.17) is 4.74 Å². The Bertz CT molecular complexity index is 434. The molecule has 1 aromatic rings. The molecule has 1 aliphatic heterocycles. The standard InChI is InChI=1S/C12H15F3N2O/c1-17-4-3-8(7-17)9-6-16-11(18-2)5-10(9)12(13,14)15/h5-6,8H,3-4,7H2,1-2H3. The van der Waals surface area contributed by atoms with Gasteiger partial charge in [0, 0.05) is 18.8 Å². The van der Waals surface area contributed by atoms with Crippen molar-refractivity contribution < 1.29 is 17.9 Å². The molecule has 1 unspecified atom stereocenters. The van der Waals surface area contributed by atoms with Crippen LogP contribution in [0, 0.1) is 0 Å². The average Bonchev–Trinajstić information content (AvgIpc) is 2.74. The lowest BCUT2D eigenvalue weighted by Gasteiger charge is -2.18. The number of ether oxygens (including phenoxy) is 1. The number of alkyl halides is 3. The maximum Gasteiger partial charge on any atom is 0.416 e. The Morgan fingerprint density at radius 3 is 2.67 bits per heavy atom. The van der Waals surface area contributed by atoms with Crippen LogP contribution in [0.2, 0.25) is 0 Å². The fourth-order valence-corrected chi connectivity index (χ4v) is 2.32. The molecule has 1 aromatic heterocycles. The van der Waals surface area contributed by atoms with Gasteiger partial charge >= 0.3 is 6.18 Å². The van der Waals surface area contributed by atoms with Crippen LogP contribution in [0.3, 0.4) is 0 Å². The molecule has 6 heteroatoms. The maximum absolute atomic E-state index is 13.0. The lowest BCUT2D eigenvalue weighted by atomic mass is 9.95. The summed E-state index contributed by atoms with van der Waals surface area (Å²) in [6, 6.07) is 0.980. The number of likely N-dealkylation sites (N-methyl/N-ethyl adjacent to an activating group) is 1. The van der Waals surface area contributed by atoms with Crippen LogP contribution in [0.1, 0.15) is 23.5 Å². The first kappa shape index (κ1) is 13.1. The highest BCUT2D eigenvalue weighted by Gasteiger charge is 2.37. The molecule has 0 aromatic carbocycles. The number of aromatic nitrogens is 1. The molecule has 1 atom stereocenters. The summed E-state index contributed by atoms with van der Waals surface area (Å²) in [6.07, 6.45) is -2.34. The minimum Gasteiger partial charge on any atom is -0.481 e. The Morgan fingerprint density at radius 1 is 1.44 bits per heavy atom. The smallest absolute Gasteiger partial charge is 0.416 e. The Kier molecular flexibility index (Phi) is 3.47. The van der Waals surface area contributed by atoms with Crippen molar-refractivity contribution in [3.05, 3.63) is 23.4 Å². The van der Waals surface area contributed by atoms with Crippen molar-refractivity contribution in [1.82, 2.24) is 9.88 Å². The topological polar surface area (TPSA) is 25.4 Å². The lowest BCUT2D eigenvalue weighted by molar-refractivity contribution is -0.138. The van der Waals surface area contributed by atoms with Gasteiger partial charge in [0.15, 0.2) is 0 Å². The van der Waals surface area contributed by atoms with Gasteiger partial charge in [0.25, 0.3) is 0 Å². The van der Waals surface area contributed by atoms with Crippen molar-refractivity contribution in [3.63, 3.8) is 0 Å². The SMILES string of the molecule is COc1cc(C(F)(F)F)c(C2CCN(C)C2)cn1. The highest BCUT2D eigenvalue weighted by atomic mass is 19.4. The second kappa shape index (κ2) is 4.76. The summed E-state index contributed by atoms with van der Waals surface area (Å²) in [5, 5.41) is 0. The van der Waals surface area contributed by atoms with E-state index in [9.17, 15) is 13.2 Å². The maximum atomic E-state index is 13.0. The summed E-state index contributed by atoms with van der Waals surface area (Å²) in [7, 11) is 3.22. The summed E-state index contributed by atoms with van der Waals surface area (Å²) in [6.45, 7) is 1.45. The minimum atomic E-state index is -4.37. The Hall–Kier alpha value is -1.30. The van der Waals surface area contributed by atoms with Gasteiger partial charge in [-0.3, -0.25) is 0 Å². The number of methoxy groups -OCH3 is 1. The van der Waals surface area contributed by atoms with Crippen molar-refractivity contribution in [2.75, 3.05) is 27.2 Å². The molecule has 0 bridgehead atoms. The highest BCUT2D eigenvalue weighted by Crippen LogP contribution is 2.38. The van der Waals surface area contributed by atoms with Crippen LogP contribution >= 0.6 is 0 Å². The summed E-state index contributed by atoms with van der Waals surface area (Å²) in [4.78, 5) is 5.92. The number of nitrogens with zero attached hydrogens (tertiary/aromatic N) is 2. The first-order chi connectivity index (χ1) is 8.41. The van der Waals surface area contributed by atoms with Crippen LogP contribution in [-0.2, 0) is 6.18 Å². The first-order valence-corrected chi connectivity index (χ1v) is 5.71. The van der Waals surface area contributed by atoms with Crippen LogP contribution < -0.4 is 4.74 Å². The van der Waals surface area contributed by atoms with Crippen LogP contribution in [0.15, 0.2) is 12.3 Å². The van der Waals surface area contributed by atoms with E-state index in [1.807, 2.05) is 11.9 Å². The zero-order valence-electron chi connectivity index (χ0n) is 10.3. The lowest BCUT2D eigenvalue weighted by Crippen LogP contribution is -2.16. The number of likely N-dealkylation sites (tertiary alicyclic amines) is 1. The van der Waals surface area contributed by atoms with Crippen molar-refractivity contribution in [2.45, 2.75) is 18.5 Å². The highest BCUT2D eigenvalue weighted by molar-refractivity contribution is 5.35. The molecule has 0 radical (unpaired) electrons. The third-order valence-electron chi connectivity index (χ3n) is 3.26. The van der Waals surface area contributed by atoms with Gasteiger partial charge in [-0.1, -0.05) is 0 Å². The Labute approximate surface area is 104 Å². The van der Waals surface area contributed by atoms with Crippen molar-refractivity contribution >= 4 is 0 Å². The predicted molar refractivity (Wildman–Crippen MR) is 60.6 cm³/mol. The average molecular weight is 260 g/mol. The summed E-state index contributed by atoms with van der Waals surface area (Å²) >= 11 is 0. The molecule has 1 fully saturated rings. The number of hydrogen-bond acceptors (Lipinski definition) is 3. The van der Waals surface area contributed by atoms with Gasteiger partial charge in [0.1, 0.15) is 0 Å². The molecule has 0 N–H and O–H groups in total. The summed E-state index contributed by atoms with van der Waals surface area (Å²) in [5.74, 6) is -0.109. The molecule has 0 aliphatic carbocycles. The molecule has 100 valence electrons. The predicted octanol–water partition coefficient (Wildman–Crippen LogP) is 2.53. The van der Waals surface area contributed by atoms with E-state index in [-0.39, 0.29) is 17.4 Å². The molecular formula is C12H15F3N2O. The molecule has 2 heterocycles. The van der Waals surface area contributed by atoms with Gasteiger partial charge in [-0.05, 0) is 31.5 Å². The van der Waals surface area contributed by atoms with E-state index in [0.29, 0.717) is 6.54 Å². The van der Waals surface area contributed by atoms with E-state index in [0.717, 1.165) is 19.0 Å². The van der Waals surface area contributed by atoms with E-state index in [1.165, 1.54) is 13.3 Å². The number of rotatable bonds is 2. The first-order valence-electron chi connectivity index (χ1n) is 5.71. The molecule has 3 nitrogen and oxygen atoms in total. The second-order valence-corrected chi connectivity index (χ2v) is 4.56. The van der Waals surface area contributed by atoms with Gasteiger partial charge < -0.3 is 9.64 Å². The van der Waals surface area contributed by atoms with Gasteiger partial charge in [0.2, 0.25) is 5.88 Å². The molecule has 0 saturated carbocycles. The Morgan fingerprint density at radius 2 is 2.17 bits per heavy atom. The van der Waals surface area contributed by atoms with Gasteiger partial charge in [0.05, 0.1) is 12.7 Å². The molecule has 1 aliphatic rings. The van der Waals surface area contributed by atoms with Crippen LogP contribution in [0.25, 0.3) is 0 Å². The van der Waals surface area contributed by atoms with Crippen LogP contribution in [-0.4, -0.2) is 37.1 Å². The normalized spacial score (nSPS) is 21.3. The van der Waals surface area contributed by atoms with Crippen molar-refractivity contribution in [2.24, 2.45) is 0 Å². The largest absolute Gasteiger partial charge is 0.481 e. The molecule has 0 spiro atoms. The van der Waals surface area contributed by atoms with E-state index >= 15 is 0 Å². The number of hydrogen-bond donors (Lipinski definition) is 0. The van der Waals surface area contributed by atoms with E-state index in [1.54, 1.807) is 0 Å². The molecule has 2 rings (SSSR count). The molecule has 1 saturated heterocycles. The van der Waals surface area contributed by atoms with Crippen LogP contribution in [0.5, 0.6) is 5.88 Å². The zero-order chi connectivity index (χ0) is 13.3. The van der Waals surface area contributed by atoms with Crippen molar-refractivity contribution in [1.29, 1.82) is 0 Å². The third kappa shape index (κ3) is 2.58. The number of pyridine rings is 1. The monoisotopic (exact) mass is 260 g/mol. The van der Waals surface area contributed by atoms with Crippen LogP contribution in [0.4, 0.5) is 13.2 Å². The molecule has 18 heavy (non-hydrogen) atoms. The fourth-order valence-electron chi connectivity index (χ4n) is 2.32. The van der Waals surface area contributed by atoms with E-state index in [2.05, 4.69) is 4.98 Å².